The third-order valence-corrected chi connectivity index (χ3v) is 5.65. The fraction of sp³-hybridized carbons (Fsp3) is 0.750. The summed E-state index contributed by atoms with van der Waals surface area (Å²) in [5.41, 5.74) is 5.33. The molecule has 0 aliphatic heterocycles. The summed E-state index contributed by atoms with van der Waals surface area (Å²) in [6, 6.07) is 1.45. The van der Waals surface area contributed by atoms with Crippen LogP contribution in [0.15, 0.2) is 17.3 Å². The van der Waals surface area contributed by atoms with Gasteiger partial charge in [0.05, 0.1) is 6.20 Å². The fourth-order valence-corrected chi connectivity index (χ4v) is 4.10. The molecule has 0 atom stereocenters. The number of H-pyrrole nitrogens is 1. The zero-order valence-corrected chi connectivity index (χ0v) is 12.0. The normalized spacial score (nSPS) is 28.4. The highest BCUT2D eigenvalue weighted by atomic mass is 32.2. The molecule has 4 N–H and O–H groups in total. The minimum atomic E-state index is -3.56. The Morgan fingerprint density at radius 1 is 1.53 bits per heavy atom. The van der Waals surface area contributed by atoms with Crippen LogP contribution in [0.2, 0.25) is 0 Å². The van der Waals surface area contributed by atoms with Gasteiger partial charge >= 0.3 is 0 Å². The molecule has 19 heavy (non-hydrogen) atoms. The molecule has 0 aromatic carbocycles. The monoisotopic (exact) mass is 286 g/mol. The number of aromatic nitrogens is 2. The standard InChI is InChI=1S/C12H22N4O2S/c1-2-10-3-6-12(9-13,7-4-10)16-19(17,18)11-5-8-14-15-11/h5,8,10,16H,2-4,6-7,9,13H2,1H3,(H,14,15). The number of nitrogens with zero attached hydrogens (tertiary/aromatic N) is 1. The van der Waals surface area contributed by atoms with Crippen LogP contribution >= 0.6 is 0 Å². The third-order valence-electron chi connectivity index (χ3n) is 4.15. The second-order valence-corrected chi connectivity index (χ2v) is 7.01. The first-order chi connectivity index (χ1) is 9.01. The molecule has 0 bridgehead atoms. The van der Waals surface area contributed by atoms with Gasteiger partial charge in [-0.2, -0.15) is 5.10 Å². The summed E-state index contributed by atoms with van der Waals surface area (Å²) in [6.45, 7) is 2.51. The van der Waals surface area contributed by atoms with Gasteiger partial charge in [-0.05, 0) is 37.7 Å². The Labute approximate surface area is 114 Å². The van der Waals surface area contributed by atoms with Crippen LogP contribution < -0.4 is 10.5 Å². The lowest BCUT2D eigenvalue weighted by Gasteiger charge is -2.39. The number of aromatic amines is 1. The summed E-state index contributed by atoms with van der Waals surface area (Å²) in [5.74, 6) is 0.691. The van der Waals surface area contributed by atoms with Gasteiger partial charge in [0, 0.05) is 12.1 Å². The largest absolute Gasteiger partial charge is 0.329 e. The van der Waals surface area contributed by atoms with E-state index < -0.39 is 15.6 Å². The molecule has 7 heteroatoms. The summed E-state index contributed by atoms with van der Waals surface area (Å²) in [6.07, 6.45) is 6.23. The first-order valence-corrected chi connectivity index (χ1v) is 8.23. The number of rotatable bonds is 5. The highest BCUT2D eigenvalue weighted by Gasteiger charge is 2.37. The summed E-state index contributed by atoms with van der Waals surface area (Å²) >= 11 is 0. The van der Waals surface area contributed by atoms with Gasteiger partial charge in [0.15, 0.2) is 5.03 Å². The van der Waals surface area contributed by atoms with Crippen molar-refractivity contribution >= 4 is 10.0 Å². The van der Waals surface area contributed by atoms with E-state index in [1.165, 1.54) is 12.3 Å². The number of nitrogens with one attached hydrogen (secondary N) is 2. The minimum Gasteiger partial charge on any atom is -0.329 e. The van der Waals surface area contributed by atoms with Crippen molar-refractivity contribution in [2.24, 2.45) is 11.7 Å². The Morgan fingerprint density at radius 2 is 2.21 bits per heavy atom. The maximum Gasteiger partial charge on any atom is 0.258 e. The van der Waals surface area contributed by atoms with Gasteiger partial charge in [-0.3, -0.25) is 5.10 Å². The van der Waals surface area contributed by atoms with Crippen molar-refractivity contribution in [3.8, 4) is 0 Å². The van der Waals surface area contributed by atoms with Crippen LogP contribution in [0.5, 0.6) is 0 Å². The van der Waals surface area contributed by atoms with E-state index >= 15 is 0 Å². The van der Waals surface area contributed by atoms with E-state index in [1.807, 2.05) is 0 Å². The summed E-state index contributed by atoms with van der Waals surface area (Å²) in [7, 11) is -3.56. The van der Waals surface area contributed by atoms with Crippen molar-refractivity contribution in [3.63, 3.8) is 0 Å². The van der Waals surface area contributed by atoms with Gasteiger partial charge in [-0.1, -0.05) is 13.3 Å². The average Bonchev–Trinajstić information content (AvgIpc) is 2.94. The molecule has 108 valence electrons. The van der Waals surface area contributed by atoms with Gasteiger partial charge in [-0.25, -0.2) is 13.1 Å². The Bertz CT molecular complexity index is 490. The molecular formula is C12H22N4O2S. The van der Waals surface area contributed by atoms with Crippen LogP contribution in [-0.4, -0.2) is 30.7 Å². The SMILES string of the molecule is CCC1CCC(CN)(NS(=O)(=O)c2ccn[nH]2)CC1. The predicted octanol–water partition coefficient (Wildman–Crippen LogP) is 0.986. The molecule has 2 rings (SSSR count). The lowest BCUT2D eigenvalue weighted by molar-refractivity contribution is 0.217. The van der Waals surface area contributed by atoms with Crippen LogP contribution in [0.3, 0.4) is 0 Å². The molecule has 0 radical (unpaired) electrons. The Kier molecular flexibility index (Phi) is 4.27. The number of sulfonamides is 1. The summed E-state index contributed by atoms with van der Waals surface area (Å²) in [5, 5.41) is 6.26. The lowest BCUT2D eigenvalue weighted by Crippen LogP contribution is -2.55. The highest BCUT2D eigenvalue weighted by Crippen LogP contribution is 2.34. The molecule has 1 saturated carbocycles. The average molecular weight is 286 g/mol. The van der Waals surface area contributed by atoms with Gasteiger partial charge in [0.25, 0.3) is 10.0 Å². The Hall–Kier alpha value is -0.920. The topological polar surface area (TPSA) is 101 Å². The van der Waals surface area contributed by atoms with Crippen LogP contribution in [-0.2, 0) is 10.0 Å². The van der Waals surface area contributed by atoms with E-state index in [1.54, 1.807) is 0 Å². The van der Waals surface area contributed by atoms with Crippen LogP contribution in [0.25, 0.3) is 0 Å². The van der Waals surface area contributed by atoms with E-state index in [2.05, 4.69) is 21.8 Å². The predicted molar refractivity (Wildman–Crippen MR) is 72.9 cm³/mol. The maximum atomic E-state index is 12.2. The van der Waals surface area contributed by atoms with Crippen LogP contribution in [0, 0.1) is 5.92 Å². The zero-order chi connectivity index (χ0) is 13.9. The van der Waals surface area contributed by atoms with Gasteiger partial charge in [0.1, 0.15) is 0 Å². The van der Waals surface area contributed by atoms with E-state index in [0.717, 1.165) is 32.1 Å². The second-order valence-electron chi connectivity index (χ2n) is 5.36. The molecule has 1 aliphatic rings. The van der Waals surface area contributed by atoms with E-state index in [-0.39, 0.29) is 5.03 Å². The molecule has 1 aliphatic carbocycles. The first kappa shape index (κ1) is 14.5. The van der Waals surface area contributed by atoms with Crippen molar-refractivity contribution in [1.29, 1.82) is 0 Å². The van der Waals surface area contributed by atoms with Crippen molar-refractivity contribution in [3.05, 3.63) is 12.3 Å². The van der Waals surface area contributed by atoms with E-state index in [9.17, 15) is 8.42 Å². The van der Waals surface area contributed by atoms with Crippen molar-refractivity contribution in [1.82, 2.24) is 14.9 Å². The molecule has 0 unspecified atom stereocenters. The minimum absolute atomic E-state index is 0.0953. The van der Waals surface area contributed by atoms with Crippen molar-refractivity contribution in [2.75, 3.05) is 6.54 Å². The molecule has 1 aromatic rings. The molecule has 1 heterocycles. The molecule has 1 aromatic heterocycles. The second kappa shape index (κ2) is 5.60. The zero-order valence-electron chi connectivity index (χ0n) is 11.2. The molecule has 1 fully saturated rings. The quantitative estimate of drug-likeness (QED) is 0.751. The number of nitrogens with two attached hydrogens (primary N) is 1. The van der Waals surface area contributed by atoms with Gasteiger partial charge < -0.3 is 5.73 Å². The Balaban J connectivity index is 2.12. The smallest absolute Gasteiger partial charge is 0.258 e. The van der Waals surface area contributed by atoms with Crippen LogP contribution in [0.4, 0.5) is 0 Å². The van der Waals surface area contributed by atoms with E-state index in [0.29, 0.717) is 12.5 Å². The van der Waals surface area contributed by atoms with Gasteiger partial charge in [0.2, 0.25) is 0 Å². The molecule has 0 saturated heterocycles. The lowest BCUT2D eigenvalue weighted by atomic mass is 9.76. The first-order valence-electron chi connectivity index (χ1n) is 6.75. The van der Waals surface area contributed by atoms with Gasteiger partial charge in [-0.15, -0.1) is 0 Å². The Morgan fingerprint density at radius 3 is 2.68 bits per heavy atom. The molecule has 6 nitrogen and oxygen atoms in total. The molecule has 0 spiro atoms. The molecule has 0 amide bonds. The highest BCUT2D eigenvalue weighted by molar-refractivity contribution is 7.89. The number of hydrogen-bond acceptors (Lipinski definition) is 4. The summed E-state index contributed by atoms with van der Waals surface area (Å²) in [4.78, 5) is 0. The third kappa shape index (κ3) is 3.16. The fourth-order valence-electron chi connectivity index (χ4n) is 2.72. The number of hydrogen-bond donors (Lipinski definition) is 3. The summed E-state index contributed by atoms with van der Waals surface area (Å²) < 4.78 is 27.3. The van der Waals surface area contributed by atoms with Crippen LogP contribution in [0.1, 0.15) is 39.0 Å². The van der Waals surface area contributed by atoms with E-state index in [4.69, 9.17) is 5.73 Å². The molecular weight excluding hydrogens is 264 g/mol. The van der Waals surface area contributed by atoms with Crippen molar-refractivity contribution < 1.29 is 8.42 Å². The van der Waals surface area contributed by atoms with Crippen molar-refractivity contribution in [2.45, 2.75) is 49.6 Å². The maximum absolute atomic E-state index is 12.2.